The number of hydroxylamine groups is 1. The average molecular weight is 568 g/mol. The van der Waals surface area contributed by atoms with Crippen molar-refractivity contribution in [3.05, 3.63) is 47.9 Å². The lowest BCUT2D eigenvalue weighted by molar-refractivity contribution is -0.145. The van der Waals surface area contributed by atoms with Gasteiger partial charge in [-0.1, -0.05) is 42.7 Å². The molecule has 2 atom stereocenters. The minimum Gasteiger partial charge on any atom is -0.467 e. The molecule has 13 heteroatoms. The standard InChI is InChI=1S/C28H37N7O6/c1-41-28(39)24(13-19-15-29-23-10-6-5-9-21(19)23)31-25(36)11-12-35-17-20(32-34-35)16-30-27(38)22(14-26(37)33-40)18-7-3-2-4-8-18/h5-6,9-10,15,17-18,22,24,29,40H,2-4,7-8,11-14,16H2,1H3,(H,30,38)(H,31,36)(H,33,37)/t22?,24-/m0/s1. The zero-order valence-electron chi connectivity index (χ0n) is 23.1. The molecule has 3 amide bonds. The fourth-order valence-corrected chi connectivity index (χ4v) is 5.43. The van der Waals surface area contributed by atoms with Crippen LogP contribution >= 0.6 is 0 Å². The van der Waals surface area contributed by atoms with Crippen molar-refractivity contribution in [1.29, 1.82) is 0 Å². The molecular weight excluding hydrogens is 530 g/mol. The molecule has 1 aromatic carbocycles. The number of hydrogen-bond acceptors (Lipinski definition) is 8. The lowest BCUT2D eigenvalue weighted by Crippen LogP contribution is -2.43. The summed E-state index contributed by atoms with van der Waals surface area (Å²) in [4.78, 5) is 53.0. The van der Waals surface area contributed by atoms with E-state index in [2.05, 4.69) is 25.9 Å². The molecule has 1 aliphatic carbocycles. The summed E-state index contributed by atoms with van der Waals surface area (Å²) >= 11 is 0. The number of para-hydroxylation sites is 1. The molecule has 1 fully saturated rings. The summed E-state index contributed by atoms with van der Waals surface area (Å²) in [5.74, 6) is -2.18. The normalized spacial score (nSPS) is 15.2. The van der Waals surface area contributed by atoms with Gasteiger partial charge < -0.3 is 20.4 Å². The second kappa shape index (κ2) is 14.4. The predicted molar refractivity (Wildman–Crippen MR) is 147 cm³/mol. The Morgan fingerprint density at radius 3 is 2.68 bits per heavy atom. The number of benzene rings is 1. The Morgan fingerprint density at radius 1 is 1.15 bits per heavy atom. The Bertz CT molecular complexity index is 1350. The monoisotopic (exact) mass is 567 g/mol. The maximum Gasteiger partial charge on any atom is 0.328 e. The number of rotatable bonds is 13. The summed E-state index contributed by atoms with van der Waals surface area (Å²) in [6, 6.07) is 6.86. The topological polar surface area (TPSA) is 180 Å². The van der Waals surface area contributed by atoms with Crippen LogP contribution in [-0.2, 0) is 43.4 Å². The molecule has 41 heavy (non-hydrogen) atoms. The second-order valence-electron chi connectivity index (χ2n) is 10.4. The molecule has 0 bridgehead atoms. The summed E-state index contributed by atoms with van der Waals surface area (Å²) in [6.07, 6.45) is 8.58. The molecule has 0 radical (unpaired) electrons. The third-order valence-electron chi connectivity index (χ3n) is 7.60. The van der Waals surface area contributed by atoms with Crippen molar-refractivity contribution in [3.8, 4) is 0 Å². The smallest absolute Gasteiger partial charge is 0.328 e. The summed E-state index contributed by atoms with van der Waals surface area (Å²) in [7, 11) is 1.28. The number of ether oxygens (including phenoxy) is 1. The van der Waals surface area contributed by atoms with Gasteiger partial charge in [0.1, 0.15) is 11.7 Å². The van der Waals surface area contributed by atoms with E-state index < -0.39 is 23.8 Å². The first-order valence-corrected chi connectivity index (χ1v) is 13.9. The van der Waals surface area contributed by atoms with Crippen molar-refractivity contribution in [2.45, 2.75) is 70.5 Å². The lowest BCUT2D eigenvalue weighted by Gasteiger charge is -2.28. The Morgan fingerprint density at radius 2 is 1.93 bits per heavy atom. The SMILES string of the molecule is COC(=O)[C@H](Cc1c[nH]c2ccccc12)NC(=O)CCn1cc(CNC(=O)C(CC(=O)NO)C2CCCCC2)nn1. The van der Waals surface area contributed by atoms with Gasteiger partial charge in [-0.05, 0) is 30.4 Å². The molecule has 220 valence electrons. The average Bonchev–Trinajstić information content (AvgIpc) is 3.64. The first-order valence-electron chi connectivity index (χ1n) is 13.9. The third kappa shape index (κ3) is 8.13. The third-order valence-corrected chi connectivity index (χ3v) is 7.60. The van der Waals surface area contributed by atoms with Gasteiger partial charge in [0.2, 0.25) is 17.7 Å². The molecule has 1 saturated carbocycles. The molecule has 0 saturated heterocycles. The van der Waals surface area contributed by atoms with E-state index in [9.17, 15) is 19.2 Å². The van der Waals surface area contributed by atoms with Gasteiger partial charge >= 0.3 is 5.97 Å². The summed E-state index contributed by atoms with van der Waals surface area (Å²) in [5, 5.41) is 23.6. The van der Waals surface area contributed by atoms with Gasteiger partial charge in [0.15, 0.2) is 0 Å². The number of H-pyrrole nitrogens is 1. The lowest BCUT2D eigenvalue weighted by atomic mass is 9.78. The van der Waals surface area contributed by atoms with Crippen LogP contribution in [0.15, 0.2) is 36.7 Å². The second-order valence-corrected chi connectivity index (χ2v) is 10.4. The molecule has 2 heterocycles. The van der Waals surface area contributed by atoms with Crippen molar-refractivity contribution in [1.82, 2.24) is 36.1 Å². The van der Waals surface area contributed by atoms with Crippen LogP contribution in [-0.4, -0.2) is 62.0 Å². The van der Waals surface area contributed by atoms with Gasteiger partial charge in [-0.15, -0.1) is 5.10 Å². The molecule has 1 aliphatic rings. The van der Waals surface area contributed by atoms with Gasteiger partial charge in [-0.25, -0.2) is 10.3 Å². The molecule has 2 aromatic heterocycles. The van der Waals surface area contributed by atoms with Crippen LogP contribution in [0, 0.1) is 11.8 Å². The number of aromatic nitrogens is 4. The van der Waals surface area contributed by atoms with Crippen molar-refractivity contribution in [3.63, 3.8) is 0 Å². The summed E-state index contributed by atoms with van der Waals surface area (Å²) < 4.78 is 6.40. The number of methoxy groups -OCH3 is 1. The van der Waals surface area contributed by atoms with Crippen LogP contribution in [0.4, 0.5) is 0 Å². The summed E-state index contributed by atoms with van der Waals surface area (Å²) in [5.41, 5.74) is 3.95. The first kappa shape index (κ1) is 29.7. The highest BCUT2D eigenvalue weighted by Crippen LogP contribution is 2.32. The first-order chi connectivity index (χ1) is 19.9. The van der Waals surface area contributed by atoms with Crippen molar-refractivity contribution in [2.75, 3.05) is 7.11 Å². The fraction of sp³-hybridized carbons (Fsp3) is 0.500. The van der Waals surface area contributed by atoms with Crippen LogP contribution in [0.1, 0.15) is 56.2 Å². The van der Waals surface area contributed by atoms with E-state index in [-0.39, 0.29) is 50.1 Å². The zero-order chi connectivity index (χ0) is 29.2. The van der Waals surface area contributed by atoms with Crippen LogP contribution in [0.3, 0.4) is 0 Å². The molecule has 4 rings (SSSR count). The van der Waals surface area contributed by atoms with E-state index in [1.807, 2.05) is 30.5 Å². The largest absolute Gasteiger partial charge is 0.467 e. The van der Waals surface area contributed by atoms with Crippen molar-refractivity contribution in [2.24, 2.45) is 11.8 Å². The minimum absolute atomic E-state index is 0.0521. The van der Waals surface area contributed by atoms with Gasteiger partial charge in [-0.3, -0.25) is 24.3 Å². The van der Waals surface area contributed by atoms with Crippen LogP contribution in [0.2, 0.25) is 0 Å². The van der Waals surface area contributed by atoms with Crippen LogP contribution in [0.25, 0.3) is 10.9 Å². The molecule has 1 unspecified atom stereocenters. The van der Waals surface area contributed by atoms with Gasteiger partial charge in [0, 0.05) is 42.3 Å². The summed E-state index contributed by atoms with van der Waals surface area (Å²) in [6.45, 7) is 0.332. The highest BCUT2D eigenvalue weighted by molar-refractivity contribution is 5.87. The maximum atomic E-state index is 12.9. The molecule has 0 spiro atoms. The maximum absolute atomic E-state index is 12.9. The molecule has 13 nitrogen and oxygen atoms in total. The number of carbonyl (C=O) groups excluding carboxylic acids is 4. The fourth-order valence-electron chi connectivity index (χ4n) is 5.43. The highest BCUT2D eigenvalue weighted by Gasteiger charge is 2.31. The molecule has 3 aromatic rings. The number of esters is 1. The number of aryl methyl sites for hydroxylation is 1. The van der Waals surface area contributed by atoms with E-state index in [1.165, 1.54) is 11.8 Å². The Balaban J connectivity index is 1.28. The predicted octanol–water partition coefficient (Wildman–Crippen LogP) is 1.76. The number of amides is 3. The van der Waals surface area contributed by atoms with E-state index in [0.29, 0.717) is 5.69 Å². The van der Waals surface area contributed by atoms with Gasteiger partial charge in [0.25, 0.3) is 0 Å². The Kier molecular flexibility index (Phi) is 10.4. The highest BCUT2D eigenvalue weighted by atomic mass is 16.5. The number of aromatic amines is 1. The molecule has 0 aliphatic heterocycles. The number of carbonyl (C=O) groups is 4. The molecular formula is C28H37N7O6. The van der Waals surface area contributed by atoms with Gasteiger partial charge in [-0.2, -0.15) is 0 Å². The minimum atomic E-state index is -0.849. The molecule has 5 N–H and O–H groups in total. The van der Waals surface area contributed by atoms with Gasteiger partial charge in [0.05, 0.1) is 26.4 Å². The van der Waals surface area contributed by atoms with Crippen molar-refractivity contribution >= 4 is 34.6 Å². The number of nitrogens with zero attached hydrogens (tertiary/aromatic N) is 3. The Hall–Kier alpha value is -4.26. The van der Waals surface area contributed by atoms with E-state index in [0.717, 1.165) is 48.6 Å². The van der Waals surface area contributed by atoms with Crippen LogP contribution in [0.5, 0.6) is 0 Å². The van der Waals surface area contributed by atoms with Crippen molar-refractivity contribution < 1.29 is 29.1 Å². The van der Waals surface area contributed by atoms with E-state index >= 15 is 0 Å². The number of hydrogen-bond donors (Lipinski definition) is 5. The Labute approximate surface area is 237 Å². The quantitative estimate of drug-likeness (QED) is 0.118. The van der Waals surface area contributed by atoms with E-state index in [4.69, 9.17) is 9.94 Å². The number of nitrogens with one attached hydrogen (secondary N) is 4. The number of fused-ring (bicyclic) bond motifs is 1. The zero-order valence-corrected chi connectivity index (χ0v) is 23.1. The van der Waals surface area contributed by atoms with E-state index in [1.54, 1.807) is 11.7 Å². The van der Waals surface area contributed by atoms with Crippen LogP contribution < -0.4 is 16.1 Å².